The van der Waals surface area contributed by atoms with Crippen LogP contribution in [0, 0.1) is 11.3 Å². The standard InChI is InChI=1S/C16H32N2O2/c1-12(2)17-14(15(19)20-6)11-18-9-7-13(8-10-18)16(3,4)5/h12-14,17H,7-11H2,1-6H3. The number of piperidine rings is 1. The summed E-state index contributed by atoms with van der Waals surface area (Å²) >= 11 is 0. The zero-order valence-corrected chi connectivity index (χ0v) is 14.0. The summed E-state index contributed by atoms with van der Waals surface area (Å²) in [6.07, 6.45) is 2.44. The van der Waals surface area contributed by atoms with E-state index in [2.05, 4.69) is 44.8 Å². The molecule has 1 rings (SSSR count). The number of esters is 1. The van der Waals surface area contributed by atoms with Gasteiger partial charge in [-0.05, 0) is 37.3 Å². The first-order valence-electron chi connectivity index (χ1n) is 7.80. The summed E-state index contributed by atoms with van der Waals surface area (Å²) < 4.78 is 4.90. The second kappa shape index (κ2) is 7.41. The molecule has 4 heteroatoms. The number of rotatable bonds is 5. The van der Waals surface area contributed by atoms with Gasteiger partial charge in [0.1, 0.15) is 6.04 Å². The number of hydrogen-bond donors (Lipinski definition) is 1. The van der Waals surface area contributed by atoms with Crippen molar-refractivity contribution < 1.29 is 9.53 Å². The molecule has 1 aliphatic rings. The molecule has 0 bridgehead atoms. The maximum absolute atomic E-state index is 11.8. The molecule has 0 amide bonds. The molecule has 1 heterocycles. The highest BCUT2D eigenvalue weighted by Gasteiger charge is 2.30. The molecule has 118 valence electrons. The second-order valence-electron chi connectivity index (χ2n) is 7.34. The van der Waals surface area contributed by atoms with Gasteiger partial charge >= 0.3 is 5.97 Å². The van der Waals surface area contributed by atoms with Crippen molar-refractivity contribution in [1.29, 1.82) is 0 Å². The topological polar surface area (TPSA) is 41.6 Å². The lowest BCUT2D eigenvalue weighted by atomic mass is 9.75. The number of carbonyl (C=O) groups is 1. The molecule has 1 unspecified atom stereocenters. The van der Waals surface area contributed by atoms with Crippen molar-refractivity contribution in [2.75, 3.05) is 26.7 Å². The average molecular weight is 284 g/mol. The zero-order chi connectivity index (χ0) is 15.3. The third-order valence-electron chi connectivity index (χ3n) is 4.27. The lowest BCUT2D eigenvalue weighted by molar-refractivity contribution is -0.144. The lowest BCUT2D eigenvalue weighted by Crippen LogP contribution is -2.51. The fourth-order valence-electron chi connectivity index (χ4n) is 2.98. The van der Waals surface area contributed by atoms with Crippen LogP contribution in [0.3, 0.4) is 0 Å². The van der Waals surface area contributed by atoms with Crippen molar-refractivity contribution in [1.82, 2.24) is 10.2 Å². The van der Waals surface area contributed by atoms with Crippen LogP contribution in [0.25, 0.3) is 0 Å². The van der Waals surface area contributed by atoms with Crippen molar-refractivity contribution in [3.05, 3.63) is 0 Å². The van der Waals surface area contributed by atoms with Crippen molar-refractivity contribution in [2.45, 2.75) is 59.5 Å². The molecule has 20 heavy (non-hydrogen) atoms. The molecule has 0 aromatic rings. The highest BCUT2D eigenvalue weighted by Crippen LogP contribution is 2.34. The largest absolute Gasteiger partial charge is 0.468 e. The summed E-state index contributed by atoms with van der Waals surface area (Å²) in [5.41, 5.74) is 0.393. The summed E-state index contributed by atoms with van der Waals surface area (Å²) in [5.74, 6) is 0.630. The van der Waals surface area contributed by atoms with Crippen molar-refractivity contribution in [3.63, 3.8) is 0 Å². The molecule has 1 fully saturated rings. The fourth-order valence-corrected chi connectivity index (χ4v) is 2.98. The van der Waals surface area contributed by atoms with Crippen LogP contribution >= 0.6 is 0 Å². The van der Waals surface area contributed by atoms with Gasteiger partial charge in [0.25, 0.3) is 0 Å². The summed E-state index contributed by atoms with van der Waals surface area (Å²) in [6, 6.07) is 0.0670. The van der Waals surface area contributed by atoms with Crippen LogP contribution in [0.15, 0.2) is 0 Å². The molecular weight excluding hydrogens is 252 g/mol. The Balaban J connectivity index is 2.49. The summed E-state index contributed by atoms with van der Waals surface area (Å²) in [7, 11) is 1.46. The third-order valence-corrected chi connectivity index (χ3v) is 4.27. The quantitative estimate of drug-likeness (QED) is 0.787. The number of carbonyl (C=O) groups excluding carboxylic acids is 1. The van der Waals surface area contributed by atoms with Crippen molar-refractivity contribution in [3.8, 4) is 0 Å². The Morgan fingerprint density at radius 1 is 1.30 bits per heavy atom. The lowest BCUT2D eigenvalue weighted by Gasteiger charge is -2.39. The Morgan fingerprint density at radius 2 is 1.85 bits per heavy atom. The SMILES string of the molecule is COC(=O)C(CN1CCC(C(C)(C)C)CC1)NC(C)C. The molecule has 1 saturated heterocycles. The number of likely N-dealkylation sites (tertiary alicyclic amines) is 1. The van der Waals surface area contributed by atoms with Crippen LogP contribution in [0.4, 0.5) is 0 Å². The van der Waals surface area contributed by atoms with Crippen LogP contribution in [0.1, 0.15) is 47.5 Å². The zero-order valence-electron chi connectivity index (χ0n) is 14.0. The first-order valence-corrected chi connectivity index (χ1v) is 7.80. The van der Waals surface area contributed by atoms with Crippen LogP contribution < -0.4 is 5.32 Å². The fraction of sp³-hybridized carbons (Fsp3) is 0.938. The van der Waals surface area contributed by atoms with Gasteiger partial charge in [-0.3, -0.25) is 4.79 Å². The van der Waals surface area contributed by atoms with Gasteiger partial charge in [-0.2, -0.15) is 0 Å². The minimum atomic E-state index is -0.216. The Morgan fingerprint density at radius 3 is 2.25 bits per heavy atom. The number of nitrogens with one attached hydrogen (secondary N) is 1. The summed E-state index contributed by atoms with van der Waals surface area (Å²) in [4.78, 5) is 14.2. The molecule has 0 radical (unpaired) electrons. The molecule has 0 spiro atoms. The van der Waals surface area contributed by atoms with Gasteiger partial charge in [0.2, 0.25) is 0 Å². The van der Waals surface area contributed by atoms with E-state index in [0.717, 1.165) is 25.6 Å². The maximum Gasteiger partial charge on any atom is 0.324 e. The minimum absolute atomic E-state index is 0.156. The van der Waals surface area contributed by atoms with Gasteiger partial charge in [0.05, 0.1) is 7.11 Å². The molecule has 1 N–H and O–H groups in total. The van der Waals surface area contributed by atoms with E-state index in [0.29, 0.717) is 5.41 Å². The van der Waals surface area contributed by atoms with Gasteiger partial charge in [-0.1, -0.05) is 34.6 Å². The van der Waals surface area contributed by atoms with E-state index in [1.165, 1.54) is 20.0 Å². The molecule has 4 nitrogen and oxygen atoms in total. The van der Waals surface area contributed by atoms with E-state index in [1.54, 1.807) is 0 Å². The second-order valence-corrected chi connectivity index (χ2v) is 7.34. The molecule has 0 aromatic carbocycles. The first kappa shape index (κ1) is 17.4. The van der Waals surface area contributed by atoms with Gasteiger partial charge in [0, 0.05) is 12.6 Å². The van der Waals surface area contributed by atoms with Crippen molar-refractivity contribution >= 4 is 5.97 Å². The predicted octanol–water partition coefficient (Wildman–Crippen LogP) is 2.28. The Labute approximate surface area is 124 Å². The summed E-state index contributed by atoms with van der Waals surface area (Å²) in [6.45, 7) is 14.0. The van der Waals surface area contributed by atoms with Crippen LogP contribution in [0.2, 0.25) is 0 Å². The highest BCUT2D eigenvalue weighted by atomic mass is 16.5. The Bertz CT molecular complexity index is 302. The average Bonchev–Trinajstić information content (AvgIpc) is 2.36. The van der Waals surface area contributed by atoms with Crippen LogP contribution in [-0.2, 0) is 9.53 Å². The number of ether oxygens (including phenoxy) is 1. The Kier molecular flexibility index (Phi) is 6.46. The van der Waals surface area contributed by atoms with E-state index in [1.807, 2.05) is 0 Å². The smallest absolute Gasteiger partial charge is 0.324 e. The molecule has 1 aliphatic heterocycles. The van der Waals surface area contributed by atoms with Gasteiger partial charge in [-0.25, -0.2) is 0 Å². The van der Waals surface area contributed by atoms with Gasteiger partial charge in [-0.15, -0.1) is 0 Å². The van der Waals surface area contributed by atoms with E-state index < -0.39 is 0 Å². The third kappa shape index (κ3) is 5.41. The summed E-state index contributed by atoms with van der Waals surface area (Å²) in [5, 5.41) is 3.30. The van der Waals surface area contributed by atoms with E-state index >= 15 is 0 Å². The molecular formula is C16H32N2O2. The highest BCUT2D eigenvalue weighted by molar-refractivity contribution is 5.76. The van der Waals surface area contributed by atoms with Gasteiger partial charge in [0.15, 0.2) is 0 Å². The van der Waals surface area contributed by atoms with Crippen molar-refractivity contribution in [2.24, 2.45) is 11.3 Å². The van der Waals surface area contributed by atoms with Gasteiger partial charge < -0.3 is 15.0 Å². The van der Waals surface area contributed by atoms with E-state index in [9.17, 15) is 4.79 Å². The predicted molar refractivity (Wildman–Crippen MR) is 82.7 cm³/mol. The normalized spacial score (nSPS) is 20.1. The molecule has 0 aliphatic carbocycles. The van der Waals surface area contributed by atoms with Crippen LogP contribution in [0.5, 0.6) is 0 Å². The minimum Gasteiger partial charge on any atom is -0.468 e. The molecule has 1 atom stereocenters. The number of methoxy groups -OCH3 is 1. The maximum atomic E-state index is 11.8. The Hall–Kier alpha value is -0.610. The first-order chi connectivity index (χ1) is 9.24. The number of nitrogens with zero attached hydrogens (tertiary/aromatic N) is 1. The number of hydrogen-bond acceptors (Lipinski definition) is 4. The van der Waals surface area contributed by atoms with Crippen LogP contribution in [-0.4, -0.2) is 49.7 Å². The molecule has 0 aromatic heterocycles. The van der Waals surface area contributed by atoms with E-state index in [4.69, 9.17) is 4.74 Å². The monoisotopic (exact) mass is 284 g/mol. The molecule has 0 saturated carbocycles. The van der Waals surface area contributed by atoms with E-state index in [-0.39, 0.29) is 18.1 Å².